The Kier molecular flexibility index (Phi) is 6.20. The van der Waals surface area contributed by atoms with Crippen molar-refractivity contribution in [1.29, 1.82) is 0 Å². The smallest absolute Gasteiger partial charge is 0.224 e. The lowest BCUT2D eigenvalue weighted by atomic mass is 10.0. The molecule has 0 radical (unpaired) electrons. The van der Waals surface area contributed by atoms with Crippen molar-refractivity contribution in [2.75, 3.05) is 19.8 Å². The van der Waals surface area contributed by atoms with Gasteiger partial charge >= 0.3 is 0 Å². The summed E-state index contributed by atoms with van der Waals surface area (Å²) in [6.07, 6.45) is -10.4. The van der Waals surface area contributed by atoms with Crippen molar-refractivity contribution in [3.63, 3.8) is 0 Å². The lowest BCUT2D eigenvalue weighted by Crippen LogP contribution is -2.61. The van der Waals surface area contributed by atoms with E-state index in [-0.39, 0.29) is 0 Å². The molecule has 0 aromatic carbocycles. The summed E-state index contributed by atoms with van der Waals surface area (Å²) in [4.78, 5) is 0. The maximum atomic E-state index is 10.0. The van der Waals surface area contributed by atoms with E-state index in [0.29, 0.717) is 0 Å². The molecule has 0 bridgehead atoms. The van der Waals surface area contributed by atoms with E-state index in [9.17, 15) is 30.6 Å². The number of halogens is 1. The molecule has 2 aliphatic rings. The Balaban J connectivity index is 2.18. The van der Waals surface area contributed by atoms with E-state index in [1.165, 1.54) is 0 Å². The zero-order chi connectivity index (χ0) is 17.4. The van der Waals surface area contributed by atoms with Gasteiger partial charge < -0.3 is 50.0 Å². The summed E-state index contributed by atoms with van der Waals surface area (Å²) in [6, 6.07) is 0. The molecule has 0 aliphatic carbocycles. The molecule has 10 nitrogen and oxygen atoms in total. The van der Waals surface area contributed by atoms with Crippen molar-refractivity contribution in [3.8, 4) is 0 Å². The molecule has 2 aliphatic heterocycles. The first-order valence-electron chi connectivity index (χ1n) is 7.01. The Bertz CT molecular complexity index is 398. The zero-order valence-corrected chi connectivity index (χ0v) is 12.7. The van der Waals surface area contributed by atoms with Crippen molar-refractivity contribution < 1.29 is 50.0 Å². The third-order valence-electron chi connectivity index (χ3n) is 4.02. The summed E-state index contributed by atoms with van der Waals surface area (Å²) < 4.78 is 15.6. The van der Waals surface area contributed by atoms with Gasteiger partial charge in [-0.25, -0.2) is 0 Å². The van der Waals surface area contributed by atoms with Gasteiger partial charge in [-0.05, 0) is 0 Å². The molecule has 0 aromatic heterocycles. The number of hydrogen-bond donors (Lipinski definition) is 7. The summed E-state index contributed by atoms with van der Waals surface area (Å²) in [5.74, 6) is -2.18. The van der Waals surface area contributed by atoms with Gasteiger partial charge in [0, 0.05) is 0 Å². The molecule has 0 unspecified atom stereocenters. The van der Waals surface area contributed by atoms with Crippen molar-refractivity contribution in [2.24, 2.45) is 0 Å². The van der Waals surface area contributed by atoms with Crippen LogP contribution < -0.4 is 0 Å². The van der Waals surface area contributed by atoms with Gasteiger partial charge in [0.15, 0.2) is 6.29 Å². The number of hydrogen-bond acceptors (Lipinski definition) is 10. The number of aliphatic hydroxyl groups is 7. The van der Waals surface area contributed by atoms with Crippen molar-refractivity contribution >= 4 is 11.6 Å². The van der Waals surface area contributed by atoms with E-state index in [2.05, 4.69) is 0 Å². The Morgan fingerprint density at radius 3 is 2.00 bits per heavy atom. The van der Waals surface area contributed by atoms with Gasteiger partial charge in [-0.3, -0.25) is 0 Å². The molecule has 9 atom stereocenters. The van der Waals surface area contributed by atoms with Crippen LogP contribution in [0.2, 0.25) is 0 Å². The maximum absolute atomic E-state index is 10.0. The predicted octanol–water partition coefficient (Wildman–Crippen LogP) is -4.15. The highest BCUT2D eigenvalue weighted by Gasteiger charge is 2.58. The van der Waals surface area contributed by atoms with E-state index in [0.717, 1.165) is 0 Å². The molecule has 23 heavy (non-hydrogen) atoms. The SMILES string of the molecule is OC[C@H]1O[C@@](CO)(O[C@@H]2O[C@H](CO)[C@H](Cl)[C@H](O)[C@H]2O)[C@@H](O)[C@@H]1O. The van der Waals surface area contributed by atoms with E-state index in [1.54, 1.807) is 0 Å². The normalized spacial score (nSPS) is 51.1. The van der Waals surface area contributed by atoms with Gasteiger partial charge in [0.2, 0.25) is 5.79 Å². The largest absolute Gasteiger partial charge is 0.394 e. The van der Waals surface area contributed by atoms with Gasteiger partial charge in [-0.2, -0.15) is 0 Å². The summed E-state index contributed by atoms with van der Waals surface area (Å²) >= 11 is 5.82. The average Bonchev–Trinajstić information content (AvgIpc) is 2.80. The van der Waals surface area contributed by atoms with Gasteiger partial charge in [0.1, 0.15) is 43.2 Å². The topological polar surface area (TPSA) is 169 Å². The van der Waals surface area contributed by atoms with E-state index >= 15 is 0 Å². The molecule has 2 fully saturated rings. The molecule has 11 heteroatoms. The van der Waals surface area contributed by atoms with Gasteiger partial charge in [-0.15, -0.1) is 11.6 Å². The molecule has 2 heterocycles. The molecule has 136 valence electrons. The first-order chi connectivity index (χ1) is 10.8. The fourth-order valence-electron chi connectivity index (χ4n) is 2.60. The summed E-state index contributed by atoms with van der Waals surface area (Å²) in [6.45, 7) is -2.16. The Morgan fingerprint density at radius 2 is 1.52 bits per heavy atom. The van der Waals surface area contributed by atoms with Crippen LogP contribution in [0.3, 0.4) is 0 Å². The average molecular weight is 361 g/mol. The second-order valence-electron chi connectivity index (χ2n) is 5.51. The first kappa shape index (κ1) is 19.2. The van der Waals surface area contributed by atoms with Crippen LogP contribution in [0.15, 0.2) is 0 Å². The van der Waals surface area contributed by atoms with Crippen LogP contribution in [0.4, 0.5) is 0 Å². The number of alkyl halides is 1. The van der Waals surface area contributed by atoms with Crippen LogP contribution >= 0.6 is 11.6 Å². The fourth-order valence-corrected chi connectivity index (χ4v) is 2.89. The van der Waals surface area contributed by atoms with E-state index < -0.39 is 73.9 Å². The third kappa shape index (κ3) is 3.34. The van der Waals surface area contributed by atoms with Gasteiger partial charge in [0.25, 0.3) is 0 Å². The Morgan fingerprint density at radius 1 is 0.913 bits per heavy atom. The van der Waals surface area contributed by atoms with E-state index in [1.807, 2.05) is 0 Å². The second-order valence-corrected chi connectivity index (χ2v) is 6.02. The third-order valence-corrected chi connectivity index (χ3v) is 4.56. The molecule has 7 N–H and O–H groups in total. The Hall–Kier alpha value is -0.110. The highest BCUT2D eigenvalue weighted by Crippen LogP contribution is 2.36. The van der Waals surface area contributed by atoms with Crippen molar-refractivity contribution in [3.05, 3.63) is 0 Å². The van der Waals surface area contributed by atoms with Crippen LogP contribution in [-0.2, 0) is 14.2 Å². The summed E-state index contributed by atoms with van der Waals surface area (Å²) in [7, 11) is 0. The minimum Gasteiger partial charge on any atom is -0.394 e. The van der Waals surface area contributed by atoms with Crippen LogP contribution in [0.1, 0.15) is 0 Å². The standard InChI is InChI=1S/C12H21ClO10/c13-6-4(1-14)21-11(9(19)8(6)18)23-12(3-16)10(20)7(17)5(2-15)22-12/h4-11,14-20H,1-3H2/t4-,5-,6+,7-,8+,9-,10+,11+,12+/m1/s1. The molecule has 2 rings (SSSR count). The quantitative estimate of drug-likeness (QED) is 0.239. The molecular formula is C12H21ClO10. The highest BCUT2D eigenvalue weighted by molar-refractivity contribution is 6.21. The lowest BCUT2D eigenvalue weighted by Gasteiger charge is -2.43. The van der Waals surface area contributed by atoms with Crippen LogP contribution in [0.5, 0.6) is 0 Å². The molecule has 0 aromatic rings. The highest BCUT2D eigenvalue weighted by atomic mass is 35.5. The zero-order valence-electron chi connectivity index (χ0n) is 12.0. The minimum absolute atomic E-state index is 0.574. The van der Waals surface area contributed by atoms with Crippen LogP contribution in [0, 0.1) is 0 Å². The fraction of sp³-hybridized carbons (Fsp3) is 1.00. The number of aliphatic hydroxyl groups excluding tert-OH is 7. The molecule has 0 amide bonds. The van der Waals surface area contributed by atoms with Gasteiger partial charge in [-0.1, -0.05) is 0 Å². The Labute approximate surface area is 136 Å². The van der Waals surface area contributed by atoms with Crippen LogP contribution in [-0.4, -0.2) is 110 Å². The van der Waals surface area contributed by atoms with Crippen LogP contribution in [0.25, 0.3) is 0 Å². The van der Waals surface area contributed by atoms with Crippen molar-refractivity contribution in [1.82, 2.24) is 0 Å². The second kappa shape index (κ2) is 7.42. The first-order valence-corrected chi connectivity index (χ1v) is 7.45. The molecular weight excluding hydrogens is 340 g/mol. The molecule has 2 saturated heterocycles. The maximum Gasteiger partial charge on any atom is 0.224 e. The lowest BCUT2D eigenvalue weighted by molar-refractivity contribution is -0.372. The molecule has 0 saturated carbocycles. The van der Waals surface area contributed by atoms with Crippen molar-refractivity contribution in [2.45, 2.75) is 54.1 Å². The number of ether oxygens (including phenoxy) is 3. The molecule has 0 spiro atoms. The monoisotopic (exact) mass is 360 g/mol. The van der Waals surface area contributed by atoms with E-state index in [4.69, 9.17) is 30.9 Å². The minimum atomic E-state index is -2.18. The number of rotatable bonds is 5. The summed E-state index contributed by atoms with van der Waals surface area (Å²) in [5, 5.41) is 66.3. The summed E-state index contributed by atoms with van der Waals surface area (Å²) in [5.41, 5.74) is 0. The van der Waals surface area contributed by atoms with Gasteiger partial charge in [0.05, 0.1) is 18.6 Å². The predicted molar refractivity (Wildman–Crippen MR) is 72.3 cm³/mol.